The summed E-state index contributed by atoms with van der Waals surface area (Å²) >= 11 is 0. The first-order valence-electron chi connectivity index (χ1n) is 11.0. The zero-order valence-corrected chi connectivity index (χ0v) is 18.7. The molecule has 4 rings (SSSR count). The number of fused-ring (bicyclic) bond motifs is 2. The van der Waals surface area contributed by atoms with Crippen molar-refractivity contribution in [1.82, 2.24) is 4.90 Å². The second kappa shape index (κ2) is 9.54. The van der Waals surface area contributed by atoms with Crippen molar-refractivity contribution in [3.05, 3.63) is 64.7 Å². The Bertz CT molecular complexity index is 1110. The summed E-state index contributed by atoms with van der Waals surface area (Å²) in [6.07, 6.45) is 1.26. The first-order chi connectivity index (χ1) is 15.9. The number of methoxy groups -OCH3 is 1. The molecule has 2 aromatic carbocycles. The number of amides is 3. The number of carbonyl (C=O) groups is 4. The quantitative estimate of drug-likeness (QED) is 0.366. The van der Waals surface area contributed by atoms with Crippen molar-refractivity contribution in [2.45, 2.75) is 32.3 Å². The summed E-state index contributed by atoms with van der Waals surface area (Å²) in [5.41, 5.74) is 2.46. The van der Waals surface area contributed by atoms with Gasteiger partial charge < -0.3 is 14.4 Å². The van der Waals surface area contributed by atoms with E-state index in [1.54, 1.807) is 12.0 Å². The molecular formula is C25H26N2O6. The molecule has 8 nitrogen and oxygen atoms in total. The molecule has 0 spiro atoms. The molecule has 2 aromatic rings. The van der Waals surface area contributed by atoms with E-state index in [4.69, 9.17) is 9.47 Å². The minimum atomic E-state index is -1.00. The van der Waals surface area contributed by atoms with Gasteiger partial charge in [-0.1, -0.05) is 18.2 Å². The van der Waals surface area contributed by atoms with Crippen LogP contribution in [0.2, 0.25) is 0 Å². The Hall–Kier alpha value is -3.52. The summed E-state index contributed by atoms with van der Waals surface area (Å²) in [7, 11) is 1.55. The van der Waals surface area contributed by atoms with Gasteiger partial charge in [0.05, 0.1) is 16.7 Å². The molecule has 1 atom stereocenters. The Morgan fingerprint density at radius 1 is 1.06 bits per heavy atom. The molecule has 1 unspecified atom stereocenters. The van der Waals surface area contributed by atoms with E-state index < -0.39 is 23.9 Å². The van der Waals surface area contributed by atoms with Gasteiger partial charge in [-0.25, -0.2) is 4.79 Å². The molecule has 0 aromatic heterocycles. The average molecular weight is 450 g/mol. The van der Waals surface area contributed by atoms with Gasteiger partial charge in [-0.05, 0) is 56.0 Å². The number of carbonyl (C=O) groups excluding carboxylic acids is 4. The molecule has 33 heavy (non-hydrogen) atoms. The number of anilines is 1. The van der Waals surface area contributed by atoms with Crippen molar-refractivity contribution >= 4 is 29.4 Å². The summed E-state index contributed by atoms with van der Waals surface area (Å²) in [5.74, 6) is -1.86. The second-order valence-electron chi connectivity index (χ2n) is 8.14. The Morgan fingerprint density at radius 3 is 2.61 bits per heavy atom. The standard InChI is InChI=1S/C25H26N2O6/c1-16(22(28)26-12-5-8-17-7-3-4-9-21(17)26)33-25(31)18-10-11-19-20(15-18)24(30)27(23(19)29)13-6-14-32-2/h3-4,7,9-11,15-16H,5-6,8,12-14H2,1-2H3. The fraction of sp³-hybridized carbons (Fsp3) is 0.360. The largest absolute Gasteiger partial charge is 0.449 e. The van der Waals surface area contributed by atoms with Crippen LogP contribution in [0.1, 0.15) is 56.4 Å². The van der Waals surface area contributed by atoms with E-state index in [1.807, 2.05) is 24.3 Å². The summed E-state index contributed by atoms with van der Waals surface area (Å²) in [6.45, 7) is 2.77. The molecule has 2 heterocycles. The zero-order chi connectivity index (χ0) is 23.5. The molecule has 0 bridgehead atoms. The molecule has 3 amide bonds. The first kappa shape index (κ1) is 22.7. The van der Waals surface area contributed by atoms with Crippen molar-refractivity contribution in [2.75, 3.05) is 31.7 Å². The highest BCUT2D eigenvalue weighted by Gasteiger charge is 2.36. The van der Waals surface area contributed by atoms with Crippen molar-refractivity contribution < 1.29 is 28.7 Å². The molecule has 0 radical (unpaired) electrons. The van der Waals surface area contributed by atoms with E-state index in [0.29, 0.717) is 19.6 Å². The highest BCUT2D eigenvalue weighted by molar-refractivity contribution is 6.22. The number of para-hydroxylation sites is 1. The maximum atomic E-state index is 13.0. The van der Waals surface area contributed by atoms with Crippen molar-refractivity contribution in [1.29, 1.82) is 0 Å². The average Bonchev–Trinajstić information content (AvgIpc) is 3.07. The van der Waals surface area contributed by atoms with E-state index in [-0.39, 0.29) is 29.1 Å². The van der Waals surface area contributed by atoms with E-state index in [9.17, 15) is 19.2 Å². The van der Waals surface area contributed by atoms with Gasteiger partial charge in [0.25, 0.3) is 17.7 Å². The monoisotopic (exact) mass is 450 g/mol. The predicted octanol–water partition coefficient (Wildman–Crippen LogP) is 2.84. The third kappa shape index (κ3) is 4.39. The van der Waals surface area contributed by atoms with Crippen LogP contribution in [-0.2, 0) is 20.7 Å². The molecule has 0 saturated carbocycles. The van der Waals surface area contributed by atoms with Gasteiger partial charge in [0.1, 0.15) is 0 Å². The van der Waals surface area contributed by atoms with E-state index >= 15 is 0 Å². The van der Waals surface area contributed by atoms with E-state index in [1.165, 1.54) is 25.1 Å². The maximum Gasteiger partial charge on any atom is 0.338 e. The van der Waals surface area contributed by atoms with Crippen LogP contribution < -0.4 is 4.90 Å². The van der Waals surface area contributed by atoms with Gasteiger partial charge in [0.15, 0.2) is 6.10 Å². The lowest BCUT2D eigenvalue weighted by molar-refractivity contribution is -0.126. The molecule has 2 aliphatic rings. The van der Waals surface area contributed by atoms with Gasteiger partial charge in [-0.3, -0.25) is 19.3 Å². The fourth-order valence-corrected chi connectivity index (χ4v) is 4.25. The van der Waals surface area contributed by atoms with Gasteiger partial charge in [0.2, 0.25) is 0 Å². The van der Waals surface area contributed by atoms with Crippen molar-refractivity contribution in [3.63, 3.8) is 0 Å². The molecule has 0 aliphatic carbocycles. The van der Waals surface area contributed by atoms with Crippen LogP contribution >= 0.6 is 0 Å². The molecule has 8 heteroatoms. The number of nitrogens with zero attached hydrogens (tertiary/aromatic N) is 2. The van der Waals surface area contributed by atoms with Crippen molar-refractivity contribution in [2.24, 2.45) is 0 Å². The molecule has 2 aliphatic heterocycles. The summed E-state index contributed by atoms with van der Waals surface area (Å²) in [6, 6.07) is 12.0. The summed E-state index contributed by atoms with van der Waals surface area (Å²) in [4.78, 5) is 53.8. The Balaban J connectivity index is 1.45. The molecule has 0 fully saturated rings. The normalized spacial score (nSPS) is 15.8. The Morgan fingerprint density at radius 2 is 1.82 bits per heavy atom. The van der Waals surface area contributed by atoms with Crippen LogP contribution in [-0.4, -0.2) is 61.5 Å². The number of hydrogen-bond acceptors (Lipinski definition) is 6. The topological polar surface area (TPSA) is 93.2 Å². The number of esters is 1. The highest BCUT2D eigenvalue weighted by atomic mass is 16.5. The van der Waals surface area contributed by atoms with Crippen LogP contribution in [0.3, 0.4) is 0 Å². The van der Waals surface area contributed by atoms with Crippen LogP contribution in [0.25, 0.3) is 0 Å². The third-order valence-electron chi connectivity index (χ3n) is 5.94. The number of rotatable bonds is 7. The van der Waals surface area contributed by atoms with Gasteiger partial charge >= 0.3 is 5.97 Å². The number of hydrogen-bond donors (Lipinski definition) is 0. The molecular weight excluding hydrogens is 424 g/mol. The minimum absolute atomic E-state index is 0.118. The van der Waals surface area contributed by atoms with Crippen LogP contribution in [0, 0.1) is 0 Å². The lowest BCUT2D eigenvalue weighted by Crippen LogP contribution is -2.42. The highest BCUT2D eigenvalue weighted by Crippen LogP contribution is 2.28. The van der Waals surface area contributed by atoms with Crippen molar-refractivity contribution in [3.8, 4) is 0 Å². The third-order valence-corrected chi connectivity index (χ3v) is 5.94. The first-order valence-corrected chi connectivity index (χ1v) is 11.0. The zero-order valence-electron chi connectivity index (χ0n) is 18.7. The number of aryl methyl sites for hydroxylation is 1. The maximum absolute atomic E-state index is 13.0. The van der Waals surface area contributed by atoms with Crippen LogP contribution in [0.15, 0.2) is 42.5 Å². The predicted molar refractivity (Wildman–Crippen MR) is 120 cm³/mol. The van der Waals surface area contributed by atoms with Crippen LogP contribution in [0.4, 0.5) is 5.69 Å². The number of benzene rings is 2. The second-order valence-corrected chi connectivity index (χ2v) is 8.14. The minimum Gasteiger partial charge on any atom is -0.449 e. The Kier molecular flexibility index (Phi) is 6.55. The summed E-state index contributed by atoms with van der Waals surface area (Å²) in [5, 5.41) is 0. The van der Waals surface area contributed by atoms with Crippen LogP contribution in [0.5, 0.6) is 0 Å². The number of imide groups is 1. The van der Waals surface area contributed by atoms with Gasteiger partial charge in [-0.2, -0.15) is 0 Å². The lowest BCUT2D eigenvalue weighted by atomic mass is 10.0. The summed E-state index contributed by atoms with van der Waals surface area (Å²) < 4.78 is 10.4. The fourth-order valence-electron chi connectivity index (χ4n) is 4.25. The molecule has 172 valence electrons. The molecule has 0 saturated heterocycles. The van der Waals surface area contributed by atoms with Gasteiger partial charge in [-0.15, -0.1) is 0 Å². The SMILES string of the molecule is COCCCN1C(=O)c2ccc(C(=O)OC(C)C(=O)N3CCCc4ccccc43)cc2C1=O. The number of ether oxygens (including phenoxy) is 2. The molecule has 0 N–H and O–H groups in total. The van der Waals surface area contributed by atoms with Gasteiger partial charge in [0, 0.05) is 32.5 Å². The Labute approximate surface area is 192 Å². The lowest BCUT2D eigenvalue weighted by Gasteiger charge is -2.31. The van der Waals surface area contributed by atoms with E-state index in [0.717, 1.165) is 29.0 Å². The van der Waals surface area contributed by atoms with E-state index in [2.05, 4.69) is 0 Å². The smallest absolute Gasteiger partial charge is 0.338 e.